The van der Waals surface area contributed by atoms with Crippen LogP contribution in [-0.2, 0) is 0 Å². The number of benzene rings is 1. The second-order valence-corrected chi connectivity index (χ2v) is 5.98. The highest BCUT2D eigenvalue weighted by molar-refractivity contribution is 5.20. The Morgan fingerprint density at radius 1 is 1.14 bits per heavy atom. The first-order valence-electron chi connectivity index (χ1n) is 7.67. The minimum atomic E-state index is -0.192. The van der Waals surface area contributed by atoms with E-state index in [9.17, 15) is 4.39 Å². The van der Waals surface area contributed by atoms with Crippen LogP contribution < -0.4 is 5.73 Å². The molecule has 0 spiro atoms. The van der Waals surface area contributed by atoms with Crippen LogP contribution in [0.5, 0.6) is 0 Å². The summed E-state index contributed by atoms with van der Waals surface area (Å²) in [5.41, 5.74) is 7.06. The Kier molecular flexibility index (Phi) is 6.11. The van der Waals surface area contributed by atoms with Gasteiger partial charge in [0.25, 0.3) is 0 Å². The van der Waals surface area contributed by atoms with Crippen LogP contribution in [0.4, 0.5) is 4.39 Å². The summed E-state index contributed by atoms with van der Waals surface area (Å²) in [5.74, 6) is -0.192. The average Bonchev–Trinajstić information content (AvgIpc) is 2.49. The Morgan fingerprint density at radius 2 is 1.76 bits per heavy atom. The molecular formula is C16H27FN4. The molecule has 1 aromatic carbocycles. The number of nitrogens with zero attached hydrogens (tertiary/aromatic N) is 3. The Balaban J connectivity index is 1.88. The predicted octanol–water partition coefficient (Wildman–Crippen LogP) is 1.00. The smallest absolute Gasteiger partial charge is 0.123 e. The highest BCUT2D eigenvalue weighted by Gasteiger charge is 2.23. The summed E-state index contributed by atoms with van der Waals surface area (Å²) in [6.45, 7) is 6.97. The van der Waals surface area contributed by atoms with Gasteiger partial charge >= 0.3 is 0 Å². The SMILES string of the molecule is CN(C)CCN1CCN(C(CN)c2ccc(F)cc2)CC1. The van der Waals surface area contributed by atoms with Gasteiger partial charge in [0, 0.05) is 51.9 Å². The van der Waals surface area contributed by atoms with Crippen molar-refractivity contribution < 1.29 is 4.39 Å². The number of hydrogen-bond donors (Lipinski definition) is 1. The van der Waals surface area contributed by atoms with E-state index in [1.54, 1.807) is 0 Å². The molecule has 0 aliphatic carbocycles. The highest BCUT2D eigenvalue weighted by atomic mass is 19.1. The topological polar surface area (TPSA) is 35.7 Å². The molecule has 0 saturated carbocycles. The summed E-state index contributed by atoms with van der Waals surface area (Å²) in [4.78, 5) is 7.13. The Labute approximate surface area is 127 Å². The van der Waals surface area contributed by atoms with Crippen molar-refractivity contribution in [3.63, 3.8) is 0 Å². The van der Waals surface area contributed by atoms with Gasteiger partial charge in [-0.1, -0.05) is 12.1 Å². The Morgan fingerprint density at radius 3 is 2.29 bits per heavy atom. The number of hydrogen-bond acceptors (Lipinski definition) is 4. The molecule has 1 unspecified atom stereocenters. The third-order valence-electron chi connectivity index (χ3n) is 4.19. The van der Waals surface area contributed by atoms with Gasteiger partial charge in [-0.3, -0.25) is 9.80 Å². The lowest BCUT2D eigenvalue weighted by atomic mass is 10.0. The van der Waals surface area contributed by atoms with Crippen LogP contribution in [0.15, 0.2) is 24.3 Å². The third kappa shape index (κ3) is 4.74. The molecule has 0 bridgehead atoms. The Bertz CT molecular complexity index is 413. The van der Waals surface area contributed by atoms with Crippen molar-refractivity contribution in [2.45, 2.75) is 6.04 Å². The minimum Gasteiger partial charge on any atom is -0.329 e. The van der Waals surface area contributed by atoms with E-state index in [1.165, 1.54) is 12.1 Å². The van der Waals surface area contributed by atoms with E-state index < -0.39 is 0 Å². The molecule has 2 rings (SSSR count). The van der Waals surface area contributed by atoms with Crippen molar-refractivity contribution in [1.29, 1.82) is 0 Å². The van der Waals surface area contributed by atoms with Crippen LogP contribution in [0.3, 0.4) is 0 Å². The summed E-state index contributed by atoms with van der Waals surface area (Å²) in [6.07, 6.45) is 0. The molecule has 118 valence electrons. The van der Waals surface area contributed by atoms with Gasteiger partial charge in [0.1, 0.15) is 5.82 Å². The number of likely N-dealkylation sites (N-methyl/N-ethyl adjacent to an activating group) is 1. The fourth-order valence-corrected chi connectivity index (χ4v) is 2.82. The number of rotatable bonds is 6. The van der Waals surface area contributed by atoms with E-state index in [4.69, 9.17) is 5.73 Å². The van der Waals surface area contributed by atoms with Gasteiger partial charge in [-0.2, -0.15) is 0 Å². The maximum absolute atomic E-state index is 13.0. The van der Waals surface area contributed by atoms with E-state index in [1.807, 2.05) is 12.1 Å². The molecule has 5 heteroatoms. The lowest BCUT2D eigenvalue weighted by Crippen LogP contribution is -2.50. The van der Waals surface area contributed by atoms with Crippen LogP contribution in [0, 0.1) is 5.82 Å². The number of piperazine rings is 1. The maximum atomic E-state index is 13.0. The lowest BCUT2D eigenvalue weighted by Gasteiger charge is -2.39. The Hall–Kier alpha value is -1.01. The molecule has 2 N–H and O–H groups in total. The van der Waals surface area contributed by atoms with Gasteiger partial charge in [-0.25, -0.2) is 4.39 Å². The molecule has 1 aromatic rings. The fraction of sp³-hybridized carbons (Fsp3) is 0.625. The zero-order valence-electron chi connectivity index (χ0n) is 13.1. The largest absolute Gasteiger partial charge is 0.329 e. The van der Waals surface area contributed by atoms with E-state index >= 15 is 0 Å². The molecule has 0 amide bonds. The molecule has 1 aliphatic rings. The molecule has 1 saturated heterocycles. The van der Waals surface area contributed by atoms with Crippen LogP contribution >= 0.6 is 0 Å². The monoisotopic (exact) mass is 294 g/mol. The summed E-state index contributed by atoms with van der Waals surface area (Å²) in [6, 6.07) is 6.94. The molecule has 0 radical (unpaired) electrons. The van der Waals surface area contributed by atoms with Crippen molar-refractivity contribution in [2.24, 2.45) is 5.73 Å². The van der Waals surface area contributed by atoms with Gasteiger partial charge in [-0.05, 0) is 31.8 Å². The first kappa shape index (κ1) is 16.4. The highest BCUT2D eigenvalue weighted by Crippen LogP contribution is 2.21. The van der Waals surface area contributed by atoms with Crippen LogP contribution in [-0.4, -0.2) is 74.6 Å². The minimum absolute atomic E-state index is 0.192. The first-order chi connectivity index (χ1) is 10.1. The van der Waals surface area contributed by atoms with Gasteiger partial charge in [0.2, 0.25) is 0 Å². The van der Waals surface area contributed by atoms with E-state index in [0.29, 0.717) is 6.54 Å². The zero-order chi connectivity index (χ0) is 15.2. The average molecular weight is 294 g/mol. The zero-order valence-corrected chi connectivity index (χ0v) is 13.1. The molecule has 4 nitrogen and oxygen atoms in total. The van der Waals surface area contributed by atoms with Crippen LogP contribution in [0.1, 0.15) is 11.6 Å². The summed E-state index contributed by atoms with van der Waals surface area (Å²) < 4.78 is 13.0. The molecule has 1 atom stereocenters. The lowest BCUT2D eigenvalue weighted by molar-refractivity contribution is 0.0940. The van der Waals surface area contributed by atoms with E-state index in [2.05, 4.69) is 28.8 Å². The molecule has 1 heterocycles. The molecule has 1 fully saturated rings. The standard InChI is InChI=1S/C16H27FN4/c1-19(2)7-8-20-9-11-21(12-10-20)16(13-18)14-3-5-15(17)6-4-14/h3-6,16H,7-13,18H2,1-2H3. The second-order valence-electron chi connectivity index (χ2n) is 5.98. The first-order valence-corrected chi connectivity index (χ1v) is 7.67. The quantitative estimate of drug-likeness (QED) is 0.849. The molecule has 1 aliphatic heterocycles. The normalized spacial score (nSPS) is 19.1. The van der Waals surface area contributed by atoms with Gasteiger partial charge in [0.15, 0.2) is 0 Å². The fourth-order valence-electron chi connectivity index (χ4n) is 2.82. The number of nitrogens with two attached hydrogens (primary N) is 1. The van der Waals surface area contributed by atoms with Crippen molar-refractivity contribution in [1.82, 2.24) is 14.7 Å². The summed E-state index contributed by atoms with van der Waals surface area (Å²) in [7, 11) is 4.21. The van der Waals surface area contributed by atoms with Gasteiger partial charge in [-0.15, -0.1) is 0 Å². The van der Waals surface area contributed by atoms with Crippen molar-refractivity contribution >= 4 is 0 Å². The van der Waals surface area contributed by atoms with Crippen molar-refractivity contribution in [2.75, 3.05) is 59.9 Å². The predicted molar refractivity (Wildman–Crippen MR) is 84.8 cm³/mol. The molecular weight excluding hydrogens is 267 g/mol. The van der Waals surface area contributed by atoms with Crippen molar-refractivity contribution in [3.05, 3.63) is 35.6 Å². The molecule has 0 aromatic heterocycles. The summed E-state index contributed by atoms with van der Waals surface area (Å²) in [5, 5.41) is 0. The van der Waals surface area contributed by atoms with Crippen LogP contribution in [0.25, 0.3) is 0 Å². The van der Waals surface area contributed by atoms with Crippen LogP contribution in [0.2, 0.25) is 0 Å². The third-order valence-corrected chi connectivity index (χ3v) is 4.19. The second kappa shape index (κ2) is 7.84. The maximum Gasteiger partial charge on any atom is 0.123 e. The van der Waals surface area contributed by atoms with Gasteiger partial charge in [0.05, 0.1) is 0 Å². The van der Waals surface area contributed by atoms with Crippen molar-refractivity contribution in [3.8, 4) is 0 Å². The van der Waals surface area contributed by atoms with E-state index in [0.717, 1.165) is 44.8 Å². The summed E-state index contributed by atoms with van der Waals surface area (Å²) >= 11 is 0. The molecule has 21 heavy (non-hydrogen) atoms. The van der Waals surface area contributed by atoms with Gasteiger partial charge < -0.3 is 10.6 Å². The van der Waals surface area contributed by atoms with E-state index in [-0.39, 0.29) is 11.9 Å². The number of halogens is 1.